The Labute approximate surface area is 416 Å². The van der Waals surface area contributed by atoms with Gasteiger partial charge >= 0.3 is 13.5 Å². The summed E-state index contributed by atoms with van der Waals surface area (Å²) < 4.78 is 54.1. The number of ether oxygens (including phenoxy) is 2. The Morgan fingerprint density at radius 3 is 2.42 bits per heavy atom. The van der Waals surface area contributed by atoms with E-state index in [-0.39, 0.29) is 54.3 Å². The van der Waals surface area contributed by atoms with E-state index in [1.165, 1.54) is 42.2 Å². The quantitative estimate of drug-likeness (QED) is 0.0748. The van der Waals surface area contributed by atoms with Gasteiger partial charge in [0.25, 0.3) is 11.8 Å². The molecule has 0 aliphatic carbocycles. The lowest BCUT2D eigenvalue weighted by Crippen LogP contribution is -2.62. The first-order valence-electron chi connectivity index (χ1n) is 24.5. The molecule has 376 valence electrons. The van der Waals surface area contributed by atoms with Gasteiger partial charge in [-0.25, -0.2) is 9.48 Å². The lowest BCUT2D eigenvalue weighted by atomic mass is 10.0. The largest absolute Gasteiger partial charge is 0.465 e. The number of nitrogens with one attached hydrogen (secondary N) is 2. The van der Waals surface area contributed by atoms with E-state index in [0.29, 0.717) is 73.5 Å². The third-order valence-corrected chi connectivity index (χ3v) is 15.6. The fourth-order valence-electron chi connectivity index (χ4n) is 9.81. The summed E-state index contributed by atoms with van der Waals surface area (Å²) in [7, 11) is -4.56. The number of rotatable bonds is 15. The highest BCUT2D eigenvalue weighted by Crippen LogP contribution is 2.58. The first kappa shape index (κ1) is 50.0. The number of alkyl halides is 1. The summed E-state index contributed by atoms with van der Waals surface area (Å²) >= 11 is 0. The minimum Gasteiger partial charge on any atom is -0.465 e. The Hall–Kier alpha value is -6.94. The van der Waals surface area contributed by atoms with E-state index in [0.717, 1.165) is 11.1 Å². The molecule has 4 amide bonds. The highest BCUT2D eigenvalue weighted by molar-refractivity contribution is 7.57. The molecule has 4 heterocycles. The van der Waals surface area contributed by atoms with Gasteiger partial charge in [0.15, 0.2) is 11.3 Å². The number of morpholine rings is 1. The van der Waals surface area contributed by atoms with Gasteiger partial charge in [0.2, 0.25) is 17.7 Å². The fraction of sp³-hybridized carbons (Fsp3) is 0.370. The zero-order valence-electron chi connectivity index (χ0n) is 40.4. The summed E-state index contributed by atoms with van der Waals surface area (Å²) in [5.74, 6) is -4.72. The minimum atomic E-state index is -4.56. The van der Waals surface area contributed by atoms with Crippen LogP contribution in [0.25, 0.3) is 21.7 Å². The van der Waals surface area contributed by atoms with Crippen molar-refractivity contribution >= 4 is 58.9 Å². The van der Waals surface area contributed by atoms with Gasteiger partial charge in [-0.15, -0.1) is 0 Å². The monoisotopic (exact) mass is 1000 g/mol. The van der Waals surface area contributed by atoms with Gasteiger partial charge in [0, 0.05) is 37.7 Å². The average Bonchev–Trinajstić information content (AvgIpc) is 4.01. The lowest BCUT2D eigenvalue weighted by Gasteiger charge is -2.40. The number of hydrogen-bond acceptors (Lipinski definition) is 11. The van der Waals surface area contributed by atoms with Gasteiger partial charge in [-0.1, -0.05) is 90.4 Å². The number of benzene rings is 5. The third kappa shape index (κ3) is 10.9. The number of carbonyl (C=O) groups is 5. The fourth-order valence-corrected chi connectivity index (χ4v) is 11.7. The summed E-state index contributed by atoms with van der Waals surface area (Å²) in [4.78, 5) is 76.3. The van der Waals surface area contributed by atoms with Crippen LogP contribution in [0.4, 0.5) is 4.39 Å². The van der Waals surface area contributed by atoms with E-state index in [9.17, 15) is 23.7 Å². The smallest absolute Gasteiger partial charge is 0.355 e. The molecular weight excluding hydrogens is 943 g/mol. The zero-order chi connectivity index (χ0) is 50.5. The van der Waals surface area contributed by atoms with Crippen LogP contribution in [0.5, 0.6) is 5.75 Å². The molecule has 7 atom stereocenters. The van der Waals surface area contributed by atoms with Gasteiger partial charge in [0.1, 0.15) is 23.9 Å². The Kier molecular flexibility index (Phi) is 15.2. The molecule has 0 spiro atoms. The van der Waals surface area contributed by atoms with E-state index in [4.69, 9.17) is 18.5 Å². The summed E-state index contributed by atoms with van der Waals surface area (Å²) in [6, 6.07) is 28.9. The number of fused-ring (bicyclic) bond motifs is 3. The molecule has 18 heteroatoms. The molecular formula is C54H58FN6O10P. The maximum atomic E-state index is 16.9. The molecule has 3 fully saturated rings. The second-order valence-electron chi connectivity index (χ2n) is 18.7. The number of hydrogen-bond donors (Lipinski definition) is 2. The second-order valence-corrected chi connectivity index (χ2v) is 20.8. The van der Waals surface area contributed by atoms with Crippen LogP contribution in [0.2, 0.25) is 0 Å². The predicted octanol–water partition coefficient (Wildman–Crippen LogP) is 7.94. The van der Waals surface area contributed by atoms with Crippen molar-refractivity contribution < 1.29 is 51.4 Å². The maximum absolute atomic E-state index is 16.9. The number of aryl methyl sites for hydroxylation is 1. The number of para-hydroxylation sites is 1. The average molecular weight is 1000 g/mol. The molecule has 3 aliphatic rings. The van der Waals surface area contributed by atoms with Crippen molar-refractivity contribution in [3.05, 3.63) is 143 Å². The molecule has 72 heavy (non-hydrogen) atoms. The summed E-state index contributed by atoms with van der Waals surface area (Å²) in [6.07, 6.45) is 2.26. The van der Waals surface area contributed by atoms with E-state index in [2.05, 4.69) is 15.6 Å². The number of halogens is 1. The van der Waals surface area contributed by atoms with E-state index in [1.54, 1.807) is 52.3 Å². The molecule has 3 saturated heterocycles. The Balaban J connectivity index is 0.990. The van der Waals surface area contributed by atoms with Crippen molar-refractivity contribution in [2.75, 3.05) is 39.4 Å². The molecule has 3 aliphatic heterocycles. The van der Waals surface area contributed by atoms with Crippen LogP contribution in [0, 0.1) is 6.92 Å². The van der Waals surface area contributed by atoms with Crippen molar-refractivity contribution in [2.45, 2.75) is 89.1 Å². The van der Waals surface area contributed by atoms with Crippen molar-refractivity contribution in [3.63, 3.8) is 0 Å². The van der Waals surface area contributed by atoms with E-state index < -0.39 is 61.3 Å². The Morgan fingerprint density at radius 2 is 1.64 bits per heavy atom. The van der Waals surface area contributed by atoms with Crippen molar-refractivity contribution in [1.29, 1.82) is 0 Å². The predicted molar refractivity (Wildman–Crippen MR) is 267 cm³/mol. The highest BCUT2D eigenvalue weighted by atomic mass is 31.2. The van der Waals surface area contributed by atoms with Gasteiger partial charge < -0.3 is 38.5 Å². The second kappa shape index (κ2) is 21.8. The summed E-state index contributed by atoms with van der Waals surface area (Å²) in [5.41, 5.74) is 2.55. The van der Waals surface area contributed by atoms with Crippen LogP contribution in [-0.4, -0.2) is 119 Å². The van der Waals surface area contributed by atoms with Gasteiger partial charge in [0.05, 0.1) is 31.2 Å². The molecule has 16 nitrogen and oxygen atoms in total. The minimum absolute atomic E-state index is 0.0525. The number of amides is 4. The van der Waals surface area contributed by atoms with Crippen LogP contribution in [0.1, 0.15) is 83.0 Å². The number of carbonyl (C=O) groups excluding carboxylic acids is 5. The summed E-state index contributed by atoms with van der Waals surface area (Å²) in [5, 5.41) is 11.2. The van der Waals surface area contributed by atoms with Crippen LogP contribution in [-0.2, 0) is 34.8 Å². The molecule has 9 rings (SSSR count). The van der Waals surface area contributed by atoms with Crippen LogP contribution < -0.4 is 14.9 Å². The number of esters is 1. The van der Waals surface area contributed by atoms with Crippen LogP contribution >= 0.6 is 7.52 Å². The molecule has 2 N–H and O–H groups in total. The van der Waals surface area contributed by atoms with Crippen molar-refractivity contribution in [3.8, 4) is 5.75 Å². The molecule has 0 bridgehead atoms. The van der Waals surface area contributed by atoms with Gasteiger partial charge in [-0.3, -0.25) is 28.5 Å². The molecule has 0 radical (unpaired) electrons. The highest BCUT2D eigenvalue weighted by Gasteiger charge is 2.47. The first-order chi connectivity index (χ1) is 34.8. The SMILES string of the molecule is CCCOC(=O)[C@H](C)NP(=O)(Oc1ccccc1)C(F)c1ccc2ccc(C(=O)N[C@H]3CN(C(=O)c4noc5ccc(C)cc45)CC[C@H]4CC[C@@H](C(=O)N5CCOC(Cc6ccccc6)C5)N4C3=O)cc2c1. The van der Waals surface area contributed by atoms with Gasteiger partial charge in [-0.2, -0.15) is 0 Å². The molecule has 5 aromatic carbocycles. The lowest BCUT2D eigenvalue weighted by molar-refractivity contribution is -0.151. The molecule has 3 unspecified atom stereocenters. The third-order valence-electron chi connectivity index (χ3n) is 13.5. The maximum Gasteiger partial charge on any atom is 0.355 e. The first-order valence-corrected chi connectivity index (χ1v) is 26.2. The van der Waals surface area contributed by atoms with Crippen LogP contribution in [0.15, 0.2) is 120 Å². The Bertz CT molecular complexity index is 3010. The van der Waals surface area contributed by atoms with E-state index in [1.807, 2.05) is 56.3 Å². The van der Waals surface area contributed by atoms with Gasteiger partial charge in [-0.05, 0) is 104 Å². The molecule has 6 aromatic rings. The standard InChI is InChI=1S/C54H58FN6O10P/c1-4-26-69-54(66)35(3)58-72(67,71-42-13-9-6-10-14-42)49(55)38-18-16-37-17-19-39(31-40(37)30-38)50(62)56-45-33-59(53(65)48-44-28-34(2)15-22-47(44)70-57-48)24-23-41-20-21-46(61(41)51(45)63)52(64)60-25-27-68-43(32-60)29-36-11-7-5-8-12-36/h5-19,22,28,30-31,35,41,43,45-46,49H,4,20-21,23-27,29,32-33H2,1-3H3,(H,56,62)(H,58,67)/t35-,41+,43?,45-,46-,49?,72?/m0/s1. The van der Waals surface area contributed by atoms with Crippen molar-refractivity contribution in [1.82, 2.24) is 30.3 Å². The normalized spacial score (nSPS) is 21.0. The molecule has 0 saturated carbocycles. The van der Waals surface area contributed by atoms with Crippen LogP contribution in [0.3, 0.4) is 0 Å². The topological polar surface area (TPSA) is 190 Å². The van der Waals surface area contributed by atoms with E-state index >= 15 is 9.18 Å². The number of nitrogens with zero attached hydrogens (tertiary/aromatic N) is 4. The number of aromatic nitrogens is 1. The summed E-state index contributed by atoms with van der Waals surface area (Å²) in [6.45, 7) is 6.31. The zero-order valence-corrected chi connectivity index (χ0v) is 41.3. The Morgan fingerprint density at radius 1 is 0.875 bits per heavy atom. The van der Waals surface area contributed by atoms with Crippen molar-refractivity contribution in [2.24, 2.45) is 0 Å². The molecule has 1 aromatic heterocycles.